The van der Waals surface area contributed by atoms with Crippen molar-refractivity contribution in [1.29, 1.82) is 5.26 Å². The Morgan fingerprint density at radius 1 is 1.28 bits per heavy atom. The van der Waals surface area contributed by atoms with Crippen LogP contribution in [0.15, 0.2) is 28.7 Å². The van der Waals surface area contributed by atoms with Gasteiger partial charge in [0.2, 0.25) is 11.8 Å². The molecular weight excluding hydrogens is 318 g/mol. The Balaban J connectivity index is 1.57. The number of para-hydroxylation sites is 2. The summed E-state index contributed by atoms with van der Waals surface area (Å²) in [6, 6.07) is 9.02. The minimum Gasteiger partial charge on any atom is -0.439 e. The number of fused-ring (bicyclic) bond motifs is 1. The van der Waals surface area contributed by atoms with Crippen molar-refractivity contribution in [3.05, 3.63) is 30.2 Å². The van der Waals surface area contributed by atoms with Gasteiger partial charge in [0.05, 0.1) is 12.6 Å². The molecule has 25 heavy (non-hydrogen) atoms. The van der Waals surface area contributed by atoms with Gasteiger partial charge in [-0.25, -0.2) is 4.98 Å². The third-order valence-electron chi connectivity index (χ3n) is 4.67. The van der Waals surface area contributed by atoms with Crippen molar-refractivity contribution in [3.63, 3.8) is 0 Å². The highest BCUT2D eigenvalue weighted by molar-refractivity contribution is 5.92. The van der Waals surface area contributed by atoms with Gasteiger partial charge in [0.1, 0.15) is 5.52 Å². The number of nitriles is 1. The highest BCUT2D eigenvalue weighted by Crippen LogP contribution is 2.26. The average molecular weight is 339 g/mol. The van der Waals surface area contributed by atoms with Crippen LogP contribution >= 0.6 is 0 Å². The lowest BCUT2D eigenvalue weighted by Gasteiger charge is -2.20. The zero-order valence-electron chi connectivity index (χ0n) is 14.0. The summed E-state index contributed by atoms with van der Waals surface area (Å²) in [5, 5.41) is 12.0. The first-order chi connectivity index (χ1) is 12.2. The van der Waals surface area contributed by atoms with Gasteiger partial charge in [-0.1, -0.05) is 31.4 Å². The van der Waals surface area contributed by atoms with E-state index in [1.807, 2.05) is 12.1 Å². The molecule has 0 aliphatic heterocycles. The molecule has 0 bridgehead atoms. The lowest BCUT2D eigenvalue weighted by Crippen LogP contribution is -2.33. The number of oxazole rings is 1. The molecule has 1 fully saturated rings. The third-order valence-corrected chi connectivity index (χ3v) is 4.67. The van der Waals surface area contributed by atoms with Crippen molar-refractivity contribution in [3.8, 4) is 6.07 Å². The van der Waals surface area contributed by atoms with Crippen LogP contribution in [0.4, 0.5) is 0 Å². The molecule has 1 amide bonds. The molecule has 0 radical (unpaired) electrons. The first-order valence-corrected chi connectivity index (χ1v) is 8.72. The Kier molecular flexibility index (Phi) is 5.44. The molecule has 1 aromatic carbocycles. The van der Waals surface area contributed by atoms with Crippen molar-refractivity contribution in [1.82, 2.24) is 10.3 Å². The smallest absolute Gasteiger partial charge is 0.220 e. The van der Waals surface area contributed by atoms with Gasteiger partial charge in [0, 0.05) is 6.42 Å². The summed E-state index contributed by atoms with van der Waals surface area (Å²) >= 11 is 0. The Labute approximate surface area is 146 Å². The van der Waals surface area contributed by atoms with Crippen LogP contribution in [-0.2, 0) is 9.59 Å². The number of aromatic nitrogens is 1. The van der Waals surface area contributed by atoms with Gasteiger partial charge in [0.25, 0.3) is 0 Å². The standard InChI is InChI=1S/C19H21N3O3/c20-11-14(19-22-15-8-4-5-9-17(15)25-19)16(23)12-21-18(24)10-13-6-2-1-3-7-13/h4-5,8-9,13-14H,1-3,6-7,10,12H2,(H,21,24)/t14-/m1/s1. The van der Waals surface area contributed by atoms with Gasteiger partial charge in [-0.05, 0) is 30.9 Å². The Hall–Kier alpha value is -2.68. The highest BCUT2D eigenvalue weighted by Gasteiger charge is 2.26. The predicted octanol–water partition coefficient (Wildman–Crippen LogP) is 3.09. The Bertz CT molecular complexity index is 767. The molecule has 1 N–H and O–H groups in total. The molecule has 0 spiro atoms. The van der Waals surface area contributed by atoms with E-state index in [1.54, 1.807) is 18.2 Å². The number of carbonyl (C=O) groups excluding carboxylic acids is 2. The van der Waals surface area contributed by atoms with Gasteiger partial charge in [-0.2, -0.15) is 5.26 Å². The van der Waals surface area contributed by atoms with Crippen LogP contribution in [0.1, 0.15) is 50.3 Å². The van der Waals surface area contributed by atoms with Gasteiger partial charge >= 0.3 is 0 Å². The lowest BCUT2D eigenvalue weighted by molar-refractivity contribution is -0.126. The fourth-order valence-corrected chi connectivity index (χ4v) is 3.29. The zero-order valence-corrected chi connectivity index (χ0v) is 14.0. The quantitative estimate of drug-likeness (QED) is 0.872. The zero-order chi connectivity index (χ0) is 17.6. The number of carbonyl (C=O) groups is 2. The summed E-state index contributed by atoms with van der Waals surface area (Å²) in [6.07, 6.45) is 6.19. The number of hydrogen-bond donors (Lipinski definition) is 1. The molecule has 6 nitrogen and oxygen atoms in total. The summed E-state index contributed by atoms with van der Waals surface area (Å²) in [5.41, 5.74) is 1.14. The van der Waals surface area contributed by atoms with Crippen LogP contribution in [-0.4, -0.2) is 23.2 Å². The van der Waals surface area contributed by atoms with Crippen molar-refractivity contribution < 1.29 is 14.0 Å². The maximum atomic E-state index is 12.3. The van der Waals surface area contributed by atoms with E-state index < -0.39 is 11.7 Å². The van der Waals surface area contributed by atoms with Crippen molar-refractivity contribution in [2.45, 2.75) is 44.4 Å². The lowest BCUT2D eigenvalue weighted by atomic mass is 9.87. The molecule has 1 aromatic heterocycles. The van der Waals surface area contributed by atoms with Crippen LogP contribution in [0.2, 0.25) is 0 Å². The summed E-state index contributed by atoms with van der Waals surface area (Å²) in [7, 11) is 0. The second kappa shape index (κ2) is 7.93. The Morgan fingerprint density at radius 3 is 2.76 bits per heavy atom. The van der Waals surface area contributed by atoms with E-state index >= 15 is 0 Å². The molecule has 1 atom stereocenters. The minimum absolute atomic E-state index is 0.0789. The molecule has 0 saturated heterocycles. The maximum Gasteiger partial charge on any atom is 0.220 e. The SMILES string of the molecule is N#C[C@H](C(=O)CNC(=O)CC1CCCCC1)c1nc2ccccc2o1. The number of nitrogens with zero attached hydrogens (tertiary/aromatic N) is 2. The monoisotopic (exact) mass is 339 g/mol. The molecule has 0 unspecified atom stereocenters. The van der Waals surface area contributed by atoms with E-state index in [0.29, 0.717) is 23.4 Å². The van der Waals surface area contributed by atoms with E-state index in [-0.39, 0.29) is 18.3 Å². The van der Waals surface area contributed by atoms with Crippen molar-refractivity contribution in [2.75, 3.05) is 6.54 Å². The summed E-state index contributed by atoms with van der Waals surface area (Å²) in [4.78, 5) is 28.5. The first kappa shape index (κ1) is 17.2. The third kappa shape index (κ3) is 4.24. The number of ketones is 1. The van der Waals surface area contributed by atoms with Crippen LogP contribution in [0.5, 0.6) is 0 Å². The summed E-state index contributed by atoms with van der Waals surface area (Å²) in [6.45, 7) is -0.178. The number of Topliss-reactive ketones (excluding diaryl/α,β-unsaturated/α-hetero) is 1. The first-order valence-electron chi connectivity index (χ1n) is 8.72. The van der Waals surface area contributed by atoms with E-state index in [0.717, 1.165) is 12.8 Å². The van der Waals surface area contributed by atoms with Crippen LogP contribution < -0.4 is 5.32 Å². The van der Waals surface area contributed by atoms with E-state index in [1.165, 1.54) is 19.3 Å². The van der Waals surface area contributed by atoms with Gasteiger partial charge in [-0.15, -0.1) is 0 Å². The van der Waals surface area contributed by atoms with Crippen LogP contribution in [0.25, 0.3) is 11.1 Å². The molecule has 1 saturated carbocycles. The van der Waals surface area contributed by atoms with Gasteiger partial charge in [-0.3, -0.25) is 9.59 Å². The van der Waals surface area contributed by atoms with Gasteiger partial charge < -0.3 is 9.73 Å². The normalized spacial score (nSPS) is 16.3. The Morgan fingerprint density at radius 2 is 2.04 bits per heavy atom. The molecule has 3 rings (SSSR count). The molecule has 130 valence electrons. The predicted molar refractivity (Wildman–Crippen MR) is 91.6 cm³/mol. The molecular formula is C19H21N3O3. The number of rotatable bonds is 6. The number of benzene rings is 1. The topological polar surface area (TPSA) is 96.0 Å². The fraction of sp³-hybridized carbons (Fsp3) is 0.474. The maximum absolute atomic E-state index is 12.3. The van der Waals surface area contributed by atoms with E-state index in [4.69, 9.17) is 4.42 Å². The molecule has 1 heterocycles. The van der Waals surface area contributed by atoms with E-state index in [2.05, 4.69) is 10.3 Å². The van der Waals surface area contributed by atoms with Crippen molar-refractivity contribution >= 4 is 22.8 Å². The molecule has 1 aliphatic carbocycles. The van der Waals surface area contributed by atoms with Crippen LogP contribution in [0.3, 0.4) is 0 Å². The second-order valence-corrected chi connectivity index (χ2v) is 6.53. The summed E-state index contributed by atoms with van der Waals surface area (Å²) < 4.78 is 5.50. The number of nitrogens with one attached hydrogen (secondary N) is 1. The highest BCUT2D eigenvalue weighted by atomic mass is 16.3. The van der Waals surface area contributed by atoms with E-state index in [9.17, 15) is 14.9 Å². The fourth-order valence-electron chi connectivity index (χ4n) is 3.29. The largest absolute Gasteiger partial charge is 0.439 e. The second-order valence-electron chi connectivity index (χ2n) is 6.53. The van der Waals surface area contributed by atoms with Crippen LogP contribution in [0, 0.1) is 17.2 Å². The molecule has 6 heteroatoms. The minimum atomic E-state index is -1.11. The molecule has 1 aliphatic rings. The summed E-state index contributed by atoms with van der Waals surface area (Å²) in [5.74, 6) is -1.16. The number of hydrogen-bond acceptors (Lipinski definition) is 5. The molecule has 2 aromatic rings. The average Bonchev–Trinajstić information content (AvgIpc) is 3.05. The van der Waals surface area contributed by atoms with Gasteiger partial charge in [0.15, 0.2) is 17.3 Å². The number of amides is 1. The van der Waals surface area contributed by atoms with Crippen molar-refractivity contribution in [2.24, 2.45) is 5.92 Å².